The fourth-order valence-corrected chi connectivity index (χ4v) is 2.82. The highest BCUT2D eigenvalue weighted by atomic mass is 79.9. The summed E-state index contributed by atoms with van der Waals surface area (Å²) in [5, 5.41) is 12.5. The number of nitrogens with one attached hydrogen (secondary N) is 1. The van der Waals surface area contributed by atoms with Crippen LogP contribution in [0.2, 0.25) is 0 Å². The molecule has 18 heavy (non-hydrogen) atoms. The molecule has 1 fully saturated rings. The van der Waals surface area contributed by atoms with Gasteiger partial charge in [-0.15, -0.1) is 0 Å². The Morgan fingerprint density at radius 3 is 2.78 bits per heavy atom. The van der Waals surface area contributed by atoms with E-state index in [9.17, 15) is 0 Å². The zero-order valence-corrected chi connectivity index (χ0v) is 12.4. The summed E-state index contributed by atoms with van der Waals surface area (Å²) in [4.78, 5) is 2.42. The van der Waals surface area contributed by atoms with Gasteiger partial charge in [-0.25, -0.2) is 0 Å². The maximum absolute atomic E-state index is 9.05. The van der Waals surface area contributed by atoms with Gasteiger partial charge in [-0.05, 0) is 38.0 Å². The van der Waals surface area contributed by atoms with Crippen molar-refractivity contribution in [3.8, 4) is 0 Å². The second-order valence-electron chi connectivity index (χ2n) is 4.99. The molecule has 1 saturated heterocycles. The highest BCUT2D eigenvalue weighted by Crippen LogP contribution is 2.23. The molecule has 0 saturated carbocycles. The molecule has 2 N–H and O–H groups in total. The van der Waals surface area contributed by atoms with Crippen LogP contribution in [0.15, 0.2) is 28.7 Å². The minimum Gasteiger partial charge on any atom is -0.395 e. The molecule has 0 radical (unpaired) electrons. The summed E-state index contributed by atoms with van der Waals surface area (Å²) in [6.45, 7) is 4.39. The topological polar surface area (TPSA) is 35.5 Å². The van der Waals surface area contributed by atoms with Gasteiger partial charge in [0.1, 0.15) is 0 Å². The Balaban J connectivity index is 1.87. The number of hydrogen-bond donors (Lipinski definition) is 2. The van der Waals surface area contributed by atoms with Crippen LogP contribution in [0.1, 0.15) is 19.8 Å². The van der Waals surface area contributed by atoms with E-state index in [2.05, 4.69) is 50.4 Å². The van der Waals surface area contributed by atoms with E-state index in [0.29, 0.717) is 6.04 Å². The number of benzene rings is 1. The molecular formula is C14H21BrN2O. The summed E-state index contributed by atoms with van der Waals surface area (Å²) >= 11 is 3.52. The zero-order chi connectivity index (χ0) is 13.0. The Morgan fingerprint density at radius 1 is 1.44 bits per heavy atom. The lowest BCUT2D eigenvalue weighted by atomic mass is 10.0. The van der Waals surface area contributed by atoms with Crippen LogP contribution in [-0.4, -0.2) is 36.9 Å². The first-order valence-corrected chi connectivity index (χ1v) is 7.36. The largest absolute Gasteiger partial charge is 0.395 e. The van der Waals surface area contributed by atoms with Crippen molar-refractivity contribution >= 4 is 21.6 Å². The molecule has 100 valence electrons. The smallest absolute Gasteiger partial charge is 0.0582 e. The molecule has 2 rings (SSSR count). The predicted octanol–water partition coefficient (Wildman–Crippen LogP) is 2.39. The first-order valence-electron chi connectivity index (χ1n) is 6.56. The first-order chi connectivity index (χ1) is 8.69. The zero-order valence-electron chi connectivity index (χ0n) is 10.8. The van der Waals surface area contributed by atoms with Crippen LogP contribution in [0.3, 0.4) is 0 Å². The molecule has 1 aromatic rings. The van der Waals surface area contributed by atoms with Gasteiger partial charge in [0, 0.05) is 35.3 Å². The monoisotopic (exact) mass is 312 g/mol. The van der Waals surface area contributed by atoms with Gasteiger partial charge in [0.2, 0.25) is 0 Å². The number of rotatable bonds is 4. The van der Waals surface area contributed by atoms with Crippen molar-refractivity contribution < 1.29 is 5.11 Å². The SMILES string of the molecule is CC(CO)NC1CCN(c2cccc(Br)c2)CC1. The summed E-state index contributed by atoms with van der Waals surface area (Å²) in [5.41, 5.74) is 1.29. The number of hydrogen-bond acceptors (Lipinski definition) is 3. The number of halogens is 1. The average molecular weight is 313 g/mol. The van der Waals surface area contributed by atoms with Gasteiger partial charge in [0.05, 0.1) is 6.61 Å². The van der Waals surface area contributed by atoms with Crippen molar-refractivity contribution in [2.75, 3.05) is 24.6 Å². The Hall–Kier alpha value is -0.580. The summed E-state index contributed by atoms with van der Waals surface area (Å²) in [5.74, 6) is 0. The van der Waals surface area contributed by atoms with Crippen molar-refractivity contribution in [1.82, 2.24) is 5.32 Å². The second-order valence-corrected chi connectivity index (χ2v) is 5.91. The number of nitrogens with zero attached hydrogens (tertiary/aromatic N) is 1. The third-order valence-corrected chi connectivity index (χ3v) is 3.96. The van der Waals surface area contributed by atoms with Crippen LogP contribution < -0.4 is 10.2 Å². The number of piperidine rings is 1. The van der Waals surface area contributed by atoms with E-state index in [1.165, 1.54) is 5.69 Å². The van der Waals surface area contributed by atoms with E-state index < -0.39 is 0 Å². The number of anilines is 1. The highest BCUT2D eigenvalue weighted by Gasteiger charge is 2.20. The molecule has 0 amide bonds. The number of aliphatic hydroxyl groups excluding tert-OH is 1. The van der Waals surface area contributed by atoms with E-state index in [-0.39, 0.29) is 12.6 Å². The first kappa shape index (κ1) is 13.8. The Morgan fingerprint density at radius 2 is 2.17 bits per heavy atom. The predicted molar refractivity (Wildman–Crippen MR) is 79.1 cm³/mol. The third-order valence-electron chi connectivity index (χ3n) is 3.46. The second kappa shape index (κ2) is 6.55. The van der Waals surface area contributed by atoms with E-state index in [4.69, 9.17) is 5.11 Å². The van der Waals surface area contributed by atoms with Crippen LogP contribution in [0.4, 0.5) is 5.69 Å². The van der Waals surface area contributed by atoms with Gasteiger partial charge in [-0.1, -0.05) is 22.0 Å². The lowest BCUT2D eigenvalue weighted by Gasteiger charge is -2.35. The standard InChI is InChI=1S/C14H21BrN2O/c1-11(10-18)16-13-5-7-17(8-6-13)14-4-2-3-12(15)9-14/h2-4,9,11,13,16,18H,5-8,10H2,1H3. The van der Waals surface area contributed by atoms with Crippen LogP contribution in [0, 0.1) is 0 Å². The van der Waals surface area contributed by atoms with Crippen molar-refractivity contribution in [1.29, 1.82) is 0 Å². The molecule has 4 heteroatoms. The fourth-order valence-electron chi connectivity index (χ4n) is 2.43. The molecule has 1 heterocycles. The minimum atomic E-state index is 0.201. The van der Waals surface area contributed by atoms with E-state index >= 15 is 0 Å². The van der Waals surface area contributed by atoms with Crippen LogP contribution in [-0.2, 0) is 0 Å². The lowest BCUT2D eigenvalue weighted by molar-refractivity contribution is 0.233. The van der Waals surface area contributed by atoms with Gasteiger partial charge in [0.15, 0.2) is 0 Å². The van der Waals surface area contributed by atoms with Gasteiger partial charge in [-0.3, -0.25) is 0 Å². The molecule has 3 nitrogen and oxygen atoms in total. The Kier molecular flexibility index (Phi) is 5.03. The van der Waals surface area contributed by atoms with Crippen molar-refractivity contribution in [2.24, 2.45) is 0 Å². The summed E-state index contributed by atoms with van der Waals surface area (Å²) in [7, 11) is 0. The molecule has 1 aliphatic rings. The Bertz CT molecular complexity index is 378. The molecule has 1 unspecified atom stereocenters. The molecular weight excluding hydrogens is 292 g/mol. The summed E-state index contributed by atoms with van der Waals surface area (Å²) in [6.07, 6.45) is 2.27. The fraction of sp³-hybridized carbons (Fsp3) is 0.571. The minimum absolute atomic E-state index is 0.201. The molecule has 0 spiro atoms. The van der Waals surface area contributed by atoms with Crippen LogP contribution in [0.25, 0.3) is 0 Å². The maximum atomic E-state index is 9.05. The lowest BCUT2D eigenvalue weighted by Crippen LogP contribution is -2.46. The van der Waals surface area contributed by atoms with Gasteiger partial charge >= 0.3 is 0 Å². The number of aliphatic hydroxyl groups is 1. The normalized spacial score (nSPS) is 18.9. The average Bonchev–Trinajstić information content (AvgIpc) is 2.39. The molecule has 0 aliphatic carbocycles. The third kappa shape index (κ3) is 3.70. The quantitative estimate of drug-likeness (QED) is 0.896. The van der Waals surface area contributed by atoms with Gasteiger partial charge in [-0.2, -0.15) is 0 Å². The van der Waals surface area contributed by atoms with Crippen LogP contribution in [0.5, 0.6) is 0 Å². The Labute approximate surface area is 117 Å². The van der Waals surface area contributed by atoms with Crippen LogP contribution >= 0.6 is 15.9 Å². The van der Waals surface area contributed by atoms with E-state index in [1.807, 2.05) is 6.92 Å². The molecule has 1 aromatic carbocycles. The molecule has 0 aromatic heterocycles. The van der Waals surface area contributed by atoms with E-state index in [0.717, 1.165) is 30.4 Å². The molecule has 0 bridgehead atoms. The molecule has 1 aliphatic heterocycles. The van der Waals surface area contributed by atoms with Crippen molar-refractivity contribution in [3.05, 3.63) is 28.7 Å². The van der Waals surface area contributed by atoms with E-state index in [1.54, 1.807) is 0 Å². The highest BCUT2D eigenvalue weighted by molar-refractivity contribution is 9.10. The van der Waals surface area contributed by atoms with Gasteiger partial charge in [0.25, 0.3) is 0 Å². The maximum Gasteiger partial charge on any atom is 0.0582 e. The van der Waals surface area contributed by atoms with Crippen molar-refractivity contribution in [3.63, 3.8) is 0 Å². The van der Waals surface area contributed by atoms with Gasteiger partial charge < -0.3 is 15.3 Å². The summed E-state index contributed by atoms with van der Waals surface area (Å²) in [6, 6.07) is 9.21. The molecule has 1 atom stereocenters. The van der Waals surface area contributed by atoms with Crippen molar-refractivity contribution in [2.45, 2.75) is 31.8 Å². The summed E-state index contributed by atoms with van der Waals surface area (Å²) < 4.78 is 1.13.